The number of carbonyl (C=O) groups excluding carboxylic acids is 1. The highest BCUT2D eigenvalue weighted by Gasteiger charge is 2.17. The number of rotatable bonds is 7. The van der Waals surface area contributed by atoms with Crippen LogP contribution < -0.4 is 14.4 Å². The molecule has 1 heterocycles. The topological polar surface area (TPSA) is 62.9 Å². The van der Waals surface area contributed by atoms with E-state index in [9.17, 15) is 10.0 Å². The fraction of sp³-hybridized carbons (Fsp3) is 0.200. The van der Waals surface area contributed by atoms with Crippen molar-refractivity contribution in [3.63, 3.8) is 0 Å². The number of anilines is 1. The minimum absolute atomic E-state index is 0.312. The predicted octanol–water partition coefficient (Wildman–Crippen LogP) is 3.62. The summed E-state index contributed by atoms with van der Waals surface area (Å²) in [5.41, 5.74) is 1.15. The van der Waals surface area contributed by atoms with Crippen LogP contribution in [0.4, 0.5) is 5.82 Å². The molecule has 0 aliphatic carbocycles. The molecule has 26 heavy (non-hydrogen) atoms. The molecule has 6 nitrogen and oxygen atoms in total. The first kappa shape index (κ1) is 19.1. The van der Waals surface area contributed by atoms with Gasteiger partial charge in [0, 0.05) is 11.6 Å². The van der Waals surface area contributed by atoms with Gasteiger partial charge in [0.2, 0.25) is 0 Å². The largest absolute Gasteiger partial charge is 0.462 e. The molecule has 1 aromatic heterocycles. The first-order valence-corrected chi connectivity index (χ1v) is 8.19. The molecule has 0 fully saturated rings. The lowest BCUT2D eigenvalue weighted by molar-refractivity contribution is -0.894. The summed E-state index contributed by atoms with van der Waals surface area (Å²) in [6.07, 6.45) is 6.63. The summed E-state index contributed by atoms with van der Waals surface area (Å²) >= 11 is 0. The average molecular weight is 355 g/mol. The number of aromatic nitrogens is 1. The zero-order chi connectivity index (χ0) is 19.1. The Balaban J connectivity index is 2.32. The zero-order valence-corrected chi connectivity index (χ0v) is 15.2. The number of benzene rings is 1. The second-order valence-electron chi connectivity index (χ2n) is 5.50. The summed E-state index contributed by atoms with van der Waals surface area (Å²) in [4.78, 5) is 13.7. The van der Waals surface area contributed by atoms with E-state index in [1.165, 1.54) is 6.20 Å². The van der Waals surface area contributed by atoms with Crippen LogP contribution in [0.2, 0.25) is 0 Å². The van der Waals surface area contributed by atoms with Crippen LogP contribution in [0.5, 0.6) is 11.5 Å². The van der Waals surface area contributed by atoms with Crippen molar-refractivity contribution in [2.45, 2.75) is 13.8 Å². The molecule has 2 aromatic rings. The van der Waals surface area contributed by atoms with E-state index in [4.69, 9.17) is 9.47 Å². The third kappa shape index (κ3) is 4.42. The molecule has 6 heteroatoms. The van der Waals surface area contributed by atoms with E-state index < -0.39 is 0 Å². The summed E-state index contributed by atoms with van der Waals surface area (Å²) in [6.45, 7) is 7.50. The van der Waals surface area contributed by atoms with Crippen molar-refractivity contribution in [2.24, 2.45) is 0 Å². The summed E-state index contributed by atoms with van der Waals surface area (Å²) in [6, 6.07) is 8.53. The van der Waals surface area contributed by atoms with Gasteiger partial charge in [0.1, 0.15) is 17.7 Å². The van der Waals surface area contributed by atoms with Gasteiger partial charge in [0.15, 0.2) is 0 Å². The van der Waals surface area contributed by atoms with Crippen molar-refractivity contribution in [1.29, 1.82) is 0 Å². The van der Waals surface area contributed by atoms with Crippen molar-refractivity contribution in [1.82, 2.24) is 0 Å². The van der Waals surface area contributed by atoms with Crippen LogP contribution in [0.1, 0.15) is 22.8 Å². The number of ether oxygens (including phenoxy) is 2. The molecule has 1 aromatic carbocycles. The molecule has 0 aliphatic heterocycles. The second kappa shape index (κ2) is 8.71. The van der Waals surface area contributed by atoms with Crippen molar-refractivity contribution < 1.29 is 24.2 Å². The Labute approximate surface area is 153 Å². The lowest BCUT2D eigenvalue weighted by Gasteiger charge is -2.13. The van der Waals surface area contributed by atoms with E-state index in [1.54, 1.807) is 74.5 Å². The Morgan fingerprint density at radius 3 is 2.85 bits per heavy atom. The fourth-order valence-electron chi connectivity index (χ4n) is 2.34. The van der Waals surface area contributed by atoms with E-state index in [1.807, 2.05) is 0 Å². The zero-order valence-electron chi connectivity index (χ0n) is 15.2. The van der Waals surface area contributed by atoms with Crippen molar-refractivity contribution in [2.75, 3.05) is 18.6 Å². The summed E-state index contributed by atoms with van der Waals surface area (Å²) in [5, 5.41) is 10.00. The van der Waals surface area contributed by atoms with Gasteiger partial charge >= 0.3 is 11.8 Å². The first-order valence-electron chi connectivity index (χ1n) is 8.19. The lowest BCUT2D eigenvalue weighted by atomic mass is 10.1. The molecule has 0 spiro atoms. The molecule has 0 amide bonds. The standard InChI is InChI=1S/C20H23N2O4/c1-5-7-12-21(4)19-14-16(11-13-22(19)24)26-18-10-8-9-17(15(18)3)20(23)25-6-2/h5,7-14,24H,1,6H2,2-4H3/q+1/b12-7-. The maximum absolute atomic E-state index is 12.0. The van der Waals surface area contributed by atoms with E-state index in [0.717, 1.165) is 4.73 Å². The van der Waals surface area contributed by atoms with E-state index >= 15 is 0 Å². The maximum Gasteiger partial charge on any atom is 0.338 e. The lowest BCUT2D eigenvalue weighted by Crippen LogP contribution is -2.36. The van der Waals surface area contributed by atoms with E-state index in [0.29, 0.717) is 35.1 Å². The van der Waals surface area contributed by atoms with Gasteiger partial charge in [-0.2, -0.15) is 0 Å². The highest BCUT2D eigenvalue weighted by atomic mass is 16.5. The molecule has 1 N–H and O–H groups in total. The highest BCUT2D eigenvalue weighted by molar-refractivity contribution is 5.91. The van der Waals surface area contributed by atoms with Gasteiger partial charge in [-0.15, -0.1) is 0 Å². The molecular formula is C20H23N2O4+. The van der Waals surface area contributed by atoms with Crippen LogP contribution in [-0.2, 0) is 4.74 Å². The van der Waals surface area contributed by atoms with Crippen LogP contribution >= 0.6 is 0 Å². The second-order valence-corrected chi connectivity index (χ2v) is 5.50. The Bertz CT molecular complexity index is 831. The Hall–Kier alpha value is -3.28. The predicted molar refractivity (Wildman–Crippen MR) is 98.8 cm³/mol. The number of pyridine rings is 1. The molecule has 0 saturated carbocycles. The number of hydrogen-bond acceptors (Lipinski definition) is 5. The molecule has 0 unspecified atom stereocenters. The molecule has 0 bridgehead atoms. The first-order chi connectivity index (χ1) is 12.5. The summed E-state index contributed by atoms with van der Waals surface area (Å²) in [7, 11) is 1.79. The highest BCUT2D eigenvalue weighted by Crippen LogP contribution is 2.28. The van der Waals surface area contributed by atoms with Gasteiger partial charge in [-0.05, 0) is 32.1 Å². The molecule has 0 atom stereocenters. The van der Waals surface area contributed by atoms with Crippen LogP contribution in [0.3, 0.4) is 0 Å². The molecule has 2 rings (SSSR count). The number of nitrogens with zero attached hydrogens (tertiary/aromatic N) is 2. The molecule has 0 radical (unpaired) electrons. The third-order valence-corrected chi connectivity index (χ3v) is 3.70. The van der Waals surface area contributed by atoms with Gasteiger partial charge < -0.3 is 14.7 Å². The minimum atomic E-state index is -0.383. The SMILES string of the molecule is C=C/C=C\N(C)c1cc(Oc2cccc(C(=O)OCC)c2C)cc[n+]1O. The number of carbonyl (C=O) groups is 1. The van der Waals surface area contributed by atoms with Crippen molar-refractivity contribution in [3.8, 4) is 11.5 Å². The Morgan fingerprint density at radius 1 is 1.38 bits per heavy atom. The average Bonchev–Trinajstić information content (AvgIpc) is 2.63. The monoisotopic (exact) mass is 355 g/mol. The van der Waals surface area contributed by atoms with Crippen molar-refractivity contribution in [3.05, 3.63) is 72.6 Å². The van der Waals surface area contributed by atoms with Crippen LogP contribution in [0.15, 0.2) is 61.5 Å². The normalized spacial score (nSPS) is 10.6. The molecule has 136 valence electrons. The van der Waals surface area contributed by atoms with Gasteiger partial charge in [0.25, 0.3) is 0 Å². The van der Waals surface area contributed by atoms with Crippen molar-refractivity contribution >= 4 is 11.8 Å². The number of hydrogen-bond donors (Lipinski definition) is 1. The van der Waals surface area contributed by atoms with Gasteiger partial charge in [-0.3, -0.25) is 0 Å². The smallest absolute Gasteiger partial charge is 0.338 e. The molecule has 0 saturated heterocycles. The summed E-state index contributed by atoms with van der Waals surface area (Å²) in [5.74, 6) is 1.18. The van der Waals surface area contributed by atoms with Gasteiger partial charge in [-0.25, -0.2) is 9.69 Å². The molecule has 0 aliphatic rings. The van der Waals surface area contributed by atoms with Crippen LogP contribution in [-0.4, -0.2) is 24.8 Å². The van der Waals surface area contributed by atoms with Gasteiger partial charge in [0.05, 0.1) is 31.5 Å². The Morgan fingerprint density at radius 2 is 2.15 bits per heavy atom. The third-order valence-electron chi connectivity index (χ3n) is 3.70. The maximum atomic E-state index is 12.0. The fourth-order valence-corrected chi connectivity index (χ4v) is 2.34. The van der Waals surface area contributed by atoms with E-state index in [2.05, 4.69) is 6.58 Å². The molecular weight excluding hydrogens is 332 g/mol. The number of allylic oxidation sites excluding steroid dienone is 2. The summed E-state index contributed by atoms with van der Waals surface area (Å²) < 4.78 is 12.0. The quantitative estimate of drug-likeness (QED) is 0.356. The van der Waals surface area contributed by atoms with Gasteiger partial charge in [-0.1, -0.05) is 23.5 Å². The number of esters is 1. The Kier molecular flexibility index (Phi) is 6.38. The van der Waals surface area contributed by atoms with E-state index in [-0.39, 0.29) is 5.97 Å². The van der Waals surface area contributed by atoms with Crippen LogP contribution in [0.25, 0.3) is 0 Å². The minimum Gasteiger partial charge on any atom is -0.462 e. The van der Waals surface area contributed by atoms with Crippen LogP contribution in [0, 0.1) is 6.92 Å².